The van der Waals surface area contributed by atoms with Crippen LogP contribution in [0.2, 0.25) is 5.28 Å². The Morgan fingerprint density at radius 2 is 2.31 bits per heavy atom. The van der Waals surface area contributed by atoms with Gasteiger partial charge >= 0.3 is 5.97 Å². The highest BCUT2D eigenvalue weighted by molar-refractivity contribution is 7.93. The maximum absolute atomic E-state index is 11.4. The van der Waals surface area contributed by atoms with E-state index in [1.165, 1.54) is 12.3 Å². The van der Waals surface area contributed by atoms with Crippen molar-refractivity contribution in [2.24, 2.45) is 0 Å². The molecule has 0 saturated heterocycles. The van der Waals surface area contributed by atoms with Crippen LogP contribution in [0.15, 0.2) is 12.3 Å². The molecule has 0 spiro atoms. The number of nitrogens with zero attached hydrogens (tertiary/aromatic N) is 2. The van der Waals surface area contributed by atoms with E-state index >= 15 is 0 Å². The van der Waals surface area contributed by atoms with Crippen molar-refractivity contribution in [3.05, 3.63) is 17.5 Å². The lowest BCUT2D eigenvalue weighted by molar-refractivity contribution is -0.137. The minimum Gasteiger partial charge on any atom is -0.468 e. The molecule has 9 heteroatoms. The van der Waals surface area contributed by atoms with Crippen LogP contribution in [0.1, 0.15) is 0 Å². The van der Waals surface area contributed by atoms with E-state index in [2.05, 4.69) is 19.4 Å². The van der Waals surface area contributed by atoms with Gasteiger partial charge in [0.15, 0.2) is 5.75 Å². The van der Waals surface area contributed by atoms with Crippen molar-refractivity contribution < 1.29 is 17.9 Å². The van der Waals surface area contributed by atoms with Crippen molar-refractivity contribution in [2.45, 2.75) is 0 Å². The number of hydrogen-bond donors (Lipinski definition) is 1. The van der Waals surface area contributed by atoms with E-state index in [1.54, 1.807) is 0 Å². The van der Waals surface area contributed by atoms with Crippen LogP contribution in [-0.2, 0) is 19.6 Å². The fraction of sp³-hybridized carbons (Fsp3) is 0.286. The summed E-state index contributed by atoms with van der Waals surface area (Å²) in [5.74, 6) is -1.66. The smallest absolute Gasteiger partial charge is 0.322 e. The monoisotopic (exact) mass is 265 g/mol. The Kier molecular flexibility index (Phi) is 4.02. The number of halogens is 1. The summed E-state index contributed by atoms with van der Waals surface area (Å²) in [6.07, 6.45) is 1.28. The molecule has 0 aliphatic carbocycles. The summed E-state index contributed by atoms with van der Waals surface area (Å²) in [5, 5.41) is -0.0988. The molecular weight excluding hydrogens is 258 g/mol. The summed E-state index contributed by atoms with van der Waals surface area (Å²) in [6.45, 7) is 0. The van der Waals surface area contributed by atoms with Crippen LogP contribution in [0.25, 0.3) is 0 Å². The van der Waals surface area contributed by atoms with Crippen LogP contribution in [0, 0.1) is 0 Å². The molecule has 0 saturated carbocycles. The summed E-state index contributed by atoms with van der Waals surface area (Å²) in [7, 11) is -2.74. The number of nitrogens with one attached hydrogen (secondary N) is 1. The van der Waals surface area contributed by atoms with Gasteiger partial charge in [0.2, 0.25) is 15.3 Å². The molecule has 16 heavy (non-hydrogen) atoms. The van der Waals surface area contributed by atoms with Gasteiger partial charge in [-0.2, -0.15) is 4.98 Å². The molecule has 0 atom stereocenters. The molecule has 0 unspecified atom stereocenters. The summed E-state index contributed by atoms with van der Waals surface area (Å²) < 4.78 is 29.0. The number of rotatable bonds is 4. The van der Waals surface area contributed by atoms with E-state index in [1.807, 2.05) is 0 Å². The minimum atomic E-state index is -3.84. The van der Waals surface area contributed by atoms with Gasteiger partial charge in [-0.15, -0.1) is 0 Å². The number of carbonyl (C=O) groups excluding carboxylic acids is 1. The molecule has 1 N–H and O–H groups in total. The average molecular weight is 266 g/mol. The van der Waals surface area contributed by atoms with Gasteiger partial charge in [-0.1, -0.05) is 0 Å². The largest absolute Gasteiger partial charge is 0.468 e. The van der Waals surface area contributed by atoms with Gasteiger partial charge in [-0.05, 0) is 17.7 Å². The van der Waals surface area contributed by atoms with Crippen LogP contribution >= 0.6 is 11.6 Å². The number of carbonyl (C=O) groups is 1. The summed E-state index contributed by atoms with van der Waals surface area (Å²) in [5.41, 5.74) is 0. The number of esters is 1. The maximum atomic E-state index is 11.4. The van der Waals surface area contributed by atoms with Gasteiger partial charge in [-0.3, -0.25) is 9.52 Å². The number of aromatic nitrogens is 2. The molecule has 1 rings (SSSR count). The second-order valence-electron chi connectivity index (χ2n) is 2.65. The second kappa shape index (κ2) is 5.08. The van der Waals surface area contributed by atoms with Crippen molar-refractivity contribution in [2.75, 3.05) is 17.6 Å². The Morgan fingerprint density at radius 1 is 1.62 bits per heavy atom. The first kappa shape index (κ1) is 12.7. The molecule has 0 aliphatic heterocycles. The van der Waals surface area contributed by atoms with Crippen LogP contribution in [0.4, 0.5) is 5.82 Å². The lowest BCUT2D eigenvalue weighted by Crippen LogP contribution is -2.24. The Balaban J connectivity index is 2.77. The van der Waals surface area contributed by atoms with Crippen molar-refractivity contribution >= 4 is 33.4 Å². The first-order valence-electron chi connectivity index (χ1n) is 3.99. The predicted molar refractivity (Wildman–Crippen MR) is 56.5 cm³/mol. The van der Waals surface area contributed by atoms with Gasteiger partial charge in [0.25, 0.3) is 0 Å². The molecule has 1 aromatic rings. The average Bonchev–Trinajstić information content (AvgIpc) is 2.15. The Hall–Kier alpha value is -1.41. The van der Waals surface area contributed by atoms with E-state index in [4.69, 9.17) is 11.6 Å². The molecule has 1 heterocycles. The number of sulfonamides is 1. The molecule has 0 bridgehead atoms. The van der Waals surface area contributed by atoms with E-state index in [0.29, 0.717) is 0 Å². The Morgan fingerprint density at radius 3 is 2.88 bits per heavy atom. The zero-order chi connectivity index (χ0) is 12.2. The summed E-state index contributed by atoms with van der Waals surface area (Å²) in [6, 6.07) is 1.31. The molecular formula is C7H8ClN3O4S. The topological polar surface area (TPSA) is 98.2 Å². The fourth-order valence-corrected chi connectivity index (χ4v) is 1.88. The highest BCUT2D eigenvalue weighted by Crippen LogP contribution is 2.08. The van der Waals surface area contributed by atoms with Gasteiger partial charge < -0.3 is 4.74 Å². The lowest BCUT2D eigenvalue weighted by Gasteiger charge is -2.05. The standard InChI is InChI=1S/C7H8ClN3O4S/c1-15-6(12)4-16(13,14)11-5-2-3-9-7(8)10-5/h2-3H,4H2,1H3,(H,9,10,11). The third-order valence-corrected chi connectivity index (χ3v) is 2.74. The SMILES string of the molecule is COC(=O)CS(=O)(=O)Nc1ccnc(Cl)n1. The molecule has 0 radical (unpaired) electrons. The molecule has 0 aliphatic rings. The third-order valence-electron chi connectivity index (χ3n) is 1.42. The predicted octanol–water partition coefficient (Wildman–Crippen LogP) is 0.0447. The van der Waals surface area contributed by atoms with Gasteiger partial charge in [0, 0.05) is 6.20 Å². The Bertz CT molecular complexity index is 490. The fourth-order valence-electron chi connectivity index (χ4n) is 0.801. The van der Waals surface area contributed by atoms with Crippen LogP contribution in [0.5, 0.6) is 0 Å². The number of anilines is 1. The molecule has 0 fully saturated rings. The summed E-state index contributed by atoms with van der Waals surface area (Å²) in [4.78, 5) is 18.0. The molecule has 0 aromatic carbocycles. The van der Waals surface area contributed by atoms with E-state index in [0.717, 1.165) is 7.11 Å². The maximum Gasteiger partial charge on any atom is 0.322 e. The second-order valence-corrected chi connectivity index (χ2v) is 4.71. The Labute approximate surface area is 96.9 Å². The number of methoxy groups -OCH3 is 1. The first-order valence-corrected chi connectivity index (χ1v) is 6.02. The third kappa shape index (κ3) is 3.99. The molecule has 0 amide bonds. The zero-order valence-corrected chi connectivity index (χ0v) is 9.75. The van der Waals surface area contributed by atoms with Crippen molar-refractivity contribution in [3.8, 4) is 0 Å². The normalized spacial score (nSPS) is 10.9. The van der Waals surface area contributed by atoms with E-state index in [-0.39, 0.29) is 11.1 Å². The van der Waals surface area contributed by atoms with E-state index in [9.17, 15) is 13.2 Å². The molecule has 88 valence electrons. The number of ether oxygens (including phenoxy) is 1. The highest BCUT2D eigenvalue weighted by atomic mass is 35.5. The van der Waals surface area contributed by atoms with Gasteiger partial charge in [-0.25, -0.2) is 13.4 Å². The van der Waals surface area contributed by atoms with Gasteiger partial charge in [0.05, 0.1) is 7.11 Å². The van der Waals surface area contributed by atoms with Crippen LogP contribution in [-0.4, -0.2) is 37.2 Å². The number of hydrogen-bond acceptors (Lipinski definition) is 6. The van der Waals surface area contributed by atoms with Crippen molar-refractivity contribution in [1.82, 2.24) is 9.97 Å². The first-order chi connectivity index (χ1) is 7.43. The molecule has 1 aromatic heterocycles. The summed E-state index contributed by atoms with van der Waals surface area (Å²) >= 11 is 5.46. The van der Waals surface area contributed by atoms with Crippen molar-refractivity contribution in [3.63, 3.8) is 0 Å². The highest BCUT2D eigenvalue weighted by Gasteiger charge is 2.17. The van der Waals surface area contributed by atoms with Gasteiger partial charge in [0.1, 0.15) is 5.82 Å². The van der Waals surface area contributed by atoms with Crippen LogP contribution in [0.3, 0.4) is 0 Å². The van der Waals surface area contributed by atoms with Crippen LogP contribution < -0.4 is 4.72 Å². The zero-order valence-electron chi connectivity index (χ0n) is 8.18. The van der Waals surface area contributed by atoms with Crippen molar-refractivity contribution in [1.29, 1.82) is 0 Å². The molecule has 7 nitrogen and oxygen atoms in total. The quantitative estimate of drug-likeness (QED) is 0.610. The minimum absolute atomic E-state index is 0.0103. The van der Waals surface area contributed by atoms with E-state index < -0.39 is 21.7 Å². The lowest BCUT2D eigenvalue weighted by atomic mass is 10.6.